The van der Waals surface area contributed by atoms with Crippen LogP contribution in [0.1, 0.15) is 76.4 Å². The number of hydrogen-bond donors (Lipinski definition) is 2. The molecule has 1 fully saturated rings. The summed E-state index contributed by atoms with van der Waals surface area (Å²) in [6.07, 6.45) is 10.4. The van der Waals surface area contributed by atoms with Gasteiger partial charge in [-0.1, -0.05) is 51.1 Å². The highest BCUT2D eigenvalue weighted by Crippen LogP contribution is 2.26. The molecule has 1 aliphatic carbocycles. The lowest BCUT2D eigenvalue weighted by atomic mass is 9.86. The molecule has 0 unspecified atom stereocenters. The summed E-state index contributed by atoms with van der Waals surface area (Å²) in [7, 11) is 1.81. The van der Waals surface area contributed by atoms with Crippen LogP contribution in [0.15, 0.2) is 9.52 Å². The third-order valence-corrected chi connectivity index (χ3v) is 4.66. The fourth-order valence-electron chi connectivity index (χ4n) is 3.19. The third kappa shape index (κ3) is 6.49. The number of hydrogen-bond acceptors (Lipinski definition) is 4. The minimum absolute atomic E-state index is 0.300. The van der Waals surface area contributed by atoms with Gasteiger partial charge in [-0.25, -0.2) is 0 Å². The van der Waals surface area contributed by atoms with Gasteiger partial charge in [0.15, 0.2) is 11.8 Å². The van der Waals surface area contributed by atoms with Crippen LogP contribution in [0.5, 0.6) is 0 Å². The normalized spacial score (nSPS) is 16.6. The second-order valence-electron chi connectivity index (χ2n) is 7.02. The molecule has 1 aromatic heterocycles. The summed E-state index contributed by atoms with van der Waals surface area (Å²) in [6.45, 7) is 5.84. The largest absolute Gasteiger partial charge is 0.356 e. The van der Waals surface area contributed by atoms with Crippen molar-refractivity contribution in [3.8, 4) is 0 Å². The molecule has 6 nitrogen and oxygen atoms in total. The van der Waals surface area contributed by atoms with Gasteiger partial charge in [0, 0.05) is 32.5 Å². The Hall–Kier alpha value is -1.59. The van der Waals surface area contributed by atoms with E-state index in [1.165, 1.54) is 44.9 Å². The van der Waals surface area contributed by atoms with E-state index in [0.29, 0.717) is 18.2 Å². The van der Waals surface area contributed by atoms with E-state index in [1.807, 2.05) is 0 Å². The van der Waals surface area contributed by atoms with Gasteiger partial charge < -0.3 is 15.2 Å². The zero-order valence-electron chi connectivity index (χ0n) is 15.5. The summed E-state index contributed by atoms with van der Waals surface area (Å²) in [6, 6.07) is 0. The number of nitrogens with zero attached hydrogens (tertiary/aromatic N) is 3. The van der Waals surface area contributed by atoms with Crippen LogP contribution in [0.25, 0.3) is 0 Å². The molecule has 0 radical (unpaired) electrons. The quantitative estimate of drug-likeness (QED) is 0.433. The molecular formula is C18H33N5O. The second kappa shape index (κ2) is 10.3. The van der Waals surface area contributed by atoms with Gasteiger partial charge in [-0.3, -0.25) is 4.99 Å². The zero-order chi connectivity index (χ0) is 17.2. The fourth-order valence-corrected chi connectivity index (χ4v) is 3.19. The first-order valence-corrected chi connectivity index (χ1v) is 9.46. The van der Waals surface area contributed by atoms with Crippen molar-refractivity contribution in [1.29, 1.82) is 0 Å². The molecule has 0 aliphatic heterocycles. The number of rotatable bonds is 8. The first-order chi connectivity index (χ1) is 11.7. The monoisotopic (exact) mass is 335 g/mol. The van der Waals surface area contributed by atoms with Crippen LogP contribution >= 0.6 is 0 Å². The Labute approximate surface area is 145 Å². The van der Waals surface area contributed by atoms with Gasteiger partial charge in [-0.2, -0.15) is 4.98 Å². The molecule has 0 aromatic carbocycles. The number of guanidine groups is 1. The topological polar surface area (TPSA) is 75.3 Å². The standard InChI is InChI=1S/C18H33N5O/c1-14(2)17-22-16(24-23-17)11-13-21-18(19-3)20-12-7-10-15-8-5-4-6-9-15/h14-15H,4-13H2,1-3H3,(H2,19,20,21). The molecule has 1 aromatic rings. The van der Waals surface area contributed by atoms with Crippen molar-refractivity contribution in [3.05, 3.63) is 11.7 Å². The molecule has 1 aliphatic rings. The van der Waals surface area contributed by atoms with E-state index in [4.69, 9.17) is 4.52 Å². The first kappa shape index (κ1) is 18.7. The molecule has 0 bridgehead atoms. The number of nitrogens with one attached hydrogen (secondary N) is 2. The van der Waals surface area contributed by atoms with Crippen molar-refractivity contribution in [1.82, 2.24) is 20.8 Å². The van der Waals surface area contributed by atoms with Gasteiger partial charge in [0.05, 0.1) is 0 Å². The number of aliphatic imine (C=N–C) groups is 1. The highest BCUT2D eigenvalue weighted by Gasteiger charge is 2.13. The molecule has 0 saturated heterocycles. The highest BCUT2D eigenvalue weighted by atomic mass is 16.5. The van der Waals surface area contributed by atoms with Crippen molar-refractivity contribution in [3.63, 3.8) is 0 Å². The summed E-state index contributed by atoms with van der Waals surface area (Å²) in [5, 5.41) is 10.7. The summed E-state index contributed by atoms with van der Waals surface area (Å²) in [5.41, 5.74) is 0. The SMILES string of the molecule is CN=C(NCCCC1CCCCC1)NCCc1nc(C(C)C)no1. The average molecular weight is 335 g/mol. The molecule has 1 heterocycles. The van der Waals surface area contributed by atoms with Gasteiger partial charge in [0.25, 0.3) is 0 Å². The lowest BCUT2D eigenvalue weighted by Crippen LogP contribution is -2.38. The van der Waals surface area contributed by atoms with Crippen molar-refractivity contribution >= 4 is 5.96 Å². The van der Waals surface area contributed by atoms with Crippen LogP contribution in [-0.4, -0.2) is 36.2 Å². The van der Waals surface area contributed by atoms with Gasteiger partial charge in [0.2, 0.25) is 5.89 Å². The molecule has 24 heavy (non-hydrogen) atoms. The van der Waals surface area contributed by atoms with Gasteiger partial charge in [-0.15, -0.1) is 0 Å². The Balaban J connectivity index is 1.58. The van der Waals surface area contributed by atoms with Crippen LogP contribution in [0, 0.1) is 5.92 Å². The Morgan fingerprint density at radius 1 is 1.21 bits per heavy atom. The molecular weight excluding hydrogens is 302 g/mol. The van der Waals surface area contributed by atoms with E-state index < -0.39 is 0 Å². The molecule has 1 saturated carbocycles. The average Bonchev–Trinajstić information content (AvgIpc) is 3.07. The molecule has 0 spiro atoms. The predicted molar refractivity (Wildman–Crippen MR) is 97.3 cm³/mol. The van der Waals surface area contributed by atoms with E-state index in [0.717, 1.165) is 30.8 Å². The predicted octanol–water partition coefficient (Wildman–Crippen LogP) is 3.26. The Kier molecular flexibility index (Phi) is 8.05. The highest BCUT2D eigenvalue weighted by molar-refractivity contribution is 5.79. The summed E-state index contributed by atoms with van der Waals surface area (Å²) >= 11 is 0. The van der Waals surface area contributed by atoms with Crippen LogP contribution in [-0.2, 0) is 6.42 Å². The van der Waals surface area contributed by atoms with Crippen LogP contribution in [0.3, 0.4) is 0 Å². The Morgan fingerprint density at radius 3 is 2.62 bits per heavy atom. The van der Waals surface area contributed by atoms with Gasteiger partial charge in [0.1, 0.15) is 0 Å². The van der Waals surface area contributed by atoms with E-state index in [-0.39, 0.29) is 0 Å². The maximum atomic E-state index is 5.25. The van der Waals surface area contributed by atoms with Crippen LogP contribution < -0.4 is 10.6 Å². The smallest absolute Gasteiger partial charge is 0.228 e. The van der Waals surface area contributed by atoms with E-state index in [1.54, 1.807) is 7.05 Å². The fraction of sp³-hybridized carbons (Fsp3) is 0.833. The molecule has 2 rings (SSSR count). The maximum Gasteiger partial charge on any atom is 0.228 e. The molecule has 2 N–H and O–H groups in total. The molecule has 0 atom stereocenters. The Bertz CT molecular complexity index is 491. The van der Waals surface area contributed by atoms with E-state index in [9.17, 15) is 0 Å². The van der Waals surface area contributed by atoms with Gasteiger partial charge in [-0.05, 0) is 18.8 Å². The third-order valence-electron chi connectivity index (χ3n) is 4.66. The molecule has 136 valence electrons. The second-order valence-corrected chi connectivity index (χ2v) is 7.02. The first-order valence-electron chi connectivity index (χ1n) is 9.46. The van der Waals surface area contributed by atoms with E-state index >= 15 is 0 Å². The Morgan fingerprint density at radius 2 is 1.96 bits per heavy atom. The molecule has 0 amide bonds. The van der Waals surface area contributed by atoms with Crippen molar-refractivity contribution in [2.24, 2.45) is 10.9 Å². The summed E-state index contributed by atoms with van der Waals surface area (Å²) in [4.78, 5) is 8.65. The lowest BCUT2D eigenvalue weighted by molar-refractivity contribution is 0.332. The lowest BCUT2D eigenvalue weighted by Gasteiger charge is -2.21. The van der Waals surface area contributed by atoms with Crippen LogP contribution in [0.2, 0.25) is 0 Å². The van der Waals surface area contributed by atoms with Crippen molar-refractivity contribution in [2.45, 2.75) is 71.1 Å². The van der Waals surface area contributed by atoms with Crippen molar-refractivity contribution < 1.29 is 4.52 Å². The van der Waals surface area contributed by atoms with Crippen LogP contribution in [0.4, 0.5) is 0 Å². The minimum atomic E-state index is 0.300. The van der Waals surface area contributed by atoms with E-state index in [2.05, 4.69) is 39.6 Å². The number of aromatic nitrogens is 2. The van der Waals surface area contributed by atoms with Gasteiger partial charge >= 0.3 is 0 Å². The summed E-state index contributed by atoms with van der Waals surface area (Å²) in [5.74, 6) is 3.55. The molecule has 6 heteroatoms. The minimum Gasteiger partial charge on any atom is -0.356 e. The maximum absolute atomic E-state index is 5.25. The zero-order valence-corrected chi connectivity index (χ0v) is 15.5. The van der Waals surface area contributed by atoms with Crippen molar-refractivity contribution in [2.75, 3.05) is 20.1 Å². The summed E-state index contributed by atoms with van der Waals surface area (Å²) < 4.78 is 5.25.